The summed E-state index contributed by atoms with van der Waals surface area (Å²) in [5.74, 6) is 0.0883. The normalized spacial score (nSPS) is 12.7. The summed E-state index contributed by atoms with van der Waals surface area (Å²) in [4.78, 5) is 0. The van der Waals surface area contributed by atoms with E-state index >= 15 is 0 Å². The molecule has 4 heteroatoms. The van der Waals surface area contributed by atoms with E-state index < -0.39 is 11.6 Å². The molecule has 0 amide bonds. The predicted molar refractivity (Wildman–Crippen MR) is 75.1 cm³/mol. The Morgan fingerprint density at radius 1 is 1.33 bits per heavy atom. The van der Waals surface area contributed by atoms with Gasteiger partial charge in [0.05, 0.1) is 0 Å². The Labute approximate surface area is 112 Å². The van der Waals surface area contributed by atoms with Crippen LogP contribution in [-0.4, -0.2) is 24.6 Å². The first-order chi connectivity index (χ1) is 8.67. The number of hydrogen-bond acceptors (Lipinski definition) is 2. The fraction of sp³-hybridized carbons (Fsp3) is 0.571. The minimum absolute atomic E-state index is 0.261. The van der Waals surface area contributed by atoms with Crippen LogP contribution in [-0.2, 0) is 6.42 Å². The maximum atomic E-state index is 13.6. The Morgan fingerprint density at radius 3 is 2.72 bits per heavy atom. The van der Waals surface area contributed by atoms with Crippen LogP contribution in [0.4, 0.5) is 8.78 Å². The molecular formula is C14H21F2NS. The van der Waals surface area contributed by atoms with Crippen molar-refractivity contribution >= 4 is 11.8 Å². The number of benzene rings is 1. The second-order valence-corrected chi connectivity index (χ2v) is 5.36. The van der Waals surface area contributed by atoms with Crippen LogP contribution in [0.25, 0.3) is 0 Å². The van der Waals surface area contributed by atoms with Gasteiger partial charge in [-0.1, -0.05) is 13.0 Å². The molecule has 1 N–H and O–H groups in total. The van der Waals surface area contributed by atoms with Crippen molar-refractivity contribution in [1.29, 1.82) is 0 Å². The summed E-state index contributed by atoms with van der Waals surface area (Å²) in [5, 5.41) is 3.42. The molecule has 0 aliphatic heterocycles. The van der Waals surface area contributed by atoms with Crippen LogP contribution in [0.15, 0.2) is 18.2 Å². The van der Waals surface area contributed by atoms with Crippen LogP contribution in [0.1, 0.15) is 25.3 Å². The lowest BCUT2D eigenvalue weighted by atomic mass is 10.0. The van der Waals surface area contributed by atoms with Gasteiger partial charge in [0.1, 0.15) is 11.6 Å². The van der Waals surface area contributed by atoms with Gasteiger partial charge in [0, 0.05) is 12.1 Å². The van der Waals surface area contributed by atoms with Crippen molar-refractivity contribution < 1.29 is 8.78 Å². The molecule has 0 saturated heterocycles. The van der Waals surface area contributed by atoms with Crippen LogP contribution in [0.2, 0.25) is 0 Å². The highest BCUT2D eigenvalue weighted by Gasteiger charge is 2.12. The molecule has 0 saturated carbocycles. The van der Waals surface area contributed by atoms with Gasteiger partial charge >= 0.3 is 0 Å². The zero-order valence-corrected chi connectivity index (χ0v) is 11.8. The molecule has 1 atom stereocenters. The van der Waals surface area contributed by atoms with Crippen molar-refractivity contribution in [1.82, 2.24) is 5.32 Å². The van der Waals surface area contributed by atoms with Gasteiger partial charge < -0.3 is 5.32 Å². The van der Waals surface area contributed by atoms with E-state index in [-0.39, 0.29) is 6.04 Å². The zero-order valence-electron chi connectivity index (χ0n) is 11.0. The number of rotatable bonds is 8. The Kier molecular flexibility index (Phi) is 7.28. The van der Waals surface area contributed by atoms with Gasteiger partial charge in [-0.05, 0) is 49.4 Å². The summed E-state index contributed by atoms with van der Waals surface area (Å²) in [6.07, 6.45) is 4.74. The van der Waals surface area contributed by atoms with Gasteiger partial charge in [0.2, 0.25) is 0 Å². The van der Waals surface area contributed by atoms with Crippen molar-refractivity contribution in [3.63, 3.8) is 0 Å². The molecule has 0 radical (unpaired) electrons. The van der Waals surface area contributed by atoms with E-state index in [0.29, 0.717) is 12.0 Å². The van der Waals surface area contributed by atoms with Crippen LogP contribution in [0.5, 0.6) is 0 Å². The van der Waals surface area contributed by atoms with Crippen molar-refractivity contribution in [2.75, 3.05) is 18.6 Å². The fourth-order valence-electron chi connectivity index (χ4n) is 1.84. The lowest BCUT2D eigenvalue weighted by Gasteiger charge is -2.18. The molecule has 0 fully saturated rings. The van der Waals surface area contributed by atoms with Crippen LogP contribution in [0.3, 0.4) is 0 Å². The molecule has 102 valence electrons. The zero-order chi connectivity index (χ0) is 13.4. The van der Waals surface area contributed by atoms with Crippen molar-refractivity contribution in [2.45, 2.75) is 32.2 Å². The fourth-order valence-corrected chi connectivity index (χ4v) is 2.36. The third kappa shape index (κ3) is 5.36. The molecule has 1 rings (SSSR count). The van der Waals surface area contributed by atoms with E-state index in [9.17, 15) is 8.78 Å². The molecule has 1 nitrogen and oxygen atoms in total. The minimum atomic E-state index is -0.515. The van der Waals surface area contributed by atoms with Crippen molar-refractivity contribution in [3.8, 4) is 0 Å². The highest BCUT2D eigenvalue weighted by molar-refractivity contribution is 7.98. The van der Waals surface area contributed by atoms with E-state index in [1.165, 1.54) is 6.07 Å². The molecule has 0 aliphatic carbocycles. The van der Waals surface area contributed by atoms with E-state index in [4.69, 9.17) is 0 Å². The van der Waals surface area contributed by atoms with Gasteiger partial charge in [0.25, 0.3) is 0 Å². The molecule has 0 bridgehead atoms. The molecule has 1 unspecified atom stereocenters. The SMILES string of the molecule is CCCNC(CCSC)Cc1ccc(F)cc1F. The Morgan fingerprint density at radius 2 is 2.11 bits per heavy atom. The van der Waals surface area contributed by atoms with Crippen LogP contribution >= 0.6 is 11.8 Å². The van der Waals surface area contributed by atoms with Gasteiger partial charge in [-0.3, -0.25) is 0 Å². The average molecular weight is 273 g/mol. The highest BCUT2D eigenvalue weighted by Crippen LogP contribution is 2.14. The van der Waals surface area contributed by atoms with E-state index in [1.807, 2.05) is 0 Å². The lowest BCUT2D eigenvalue weighted by Crippen LogP contribution is -2.32. The first kappa shape index (κ1) is 15.4. The number of nitrogens with one attached hydrogen (secondary N) is 1. The Balaban J connectivity index is 2.62. The molecule has 0 aliphatic rings. The summed E-state index contributed by atoms with van der Waals surface area (Å²) >= 11 is 1.79. The van der Waals surface area contributed by atoms with E-state index in [0.717, 1.165) is 31.2 Å². The number of halogens is 2. The van der Waals surface area contributed by atoms with Gasteiger partial charge in [-0.2, -0.15) is 11.8 Å². The van der Waals surface area contributed by atoms with Crippen molar-refractivity contribution in [3.05, 3.63) is 35.4 Å². The number of thioether (sulfide) groups is 1. The van der Waals surface area contributed by atoms with Crippen molar-refractivity contribution in [2.24, 2.45) is 0 Å². The van der Waals surface area contributed by atoms with E-state index in [2.05, 4.69) is 18.5 Å². The summed E-state index contributed by atoms with van der Waals surface area (Å²) < 4.78 is 26.4. The first-order valence-electron chi connectivity index (χ1n) is 6.33. The molecule has 18 heavy (non-hydrogen) atoms. The smallest absolute Gasteiger partial charge is 0.129 e. The molecule has 1 aromatic rings. The maximum absolute atomic E-state index is 13.6. The Bertz CT molecular complexity index is 350. The van der Waals surface area contributed by atoms with Crippen LogP contribution < -0.4 is 5.32 Å². The van der Waals surface area contributed by atoms with E-state index in [1.54, 1.807) is 17.8 Å². The standard InChI is InChI=1S/C14H21F2NS/c1-3-7-17-13(6-8-18-2)9-11-4-5-12(15)10-14(11)16/h4-5,10,13,17H,3,6-9H2,1-2H3. The maximum Gasteiger partial charge on any atom is 0.129 e. The second kappa shape index (κ2) is 8.48. The summed E-state index contributed by atoms with van der Waals surface area (Å²) in [6, 6.07) is 4.09. The molecule has 0 spiro atoms. The van der Waals surface area contributed by atoms with Crippen LogP contribution in [0, 0.1) is 11.6 Å². The predicted octanol–water partition coefficient (Wildman–Crippen LogP) is 3.63. The molecular weight excluding hydrogens is 252 g/mol. The first-order valence-corrected chi connectivity index (χ1v) is 7.73. The summed E-state index contributed by atoms with van der Waals surface area (Å²) in [7, 11) is 0. The second-order valence-electron chi connectivity index (χ2n) is 4.37. The molecule has 0 aromatic heterocycles. The third-order valence-electron chi connectivity index (χ3n) is 2.83. The molecule has 1 aromatic carbocycles. The third-order valence-corrected chi connectivity index (χ3v) is 3.48. The minimum Gasteiger partial charge on any atom is -0.314 e. The largest absolute Gasteiger partial charge is 0.314 e. The quantitative estimate of drug-likeness (QED) is 0.776. The van der Waals surface area contributed by atoms with Gasteiger partial charge in [0.15, 0.2) is 0 Å². The topological polar surface area (TPSA) is 12.0 Å². The van der Waals surface area contributed by atoms with Gasteiger partial charge in [-0.25, -0.2) is 8.78 Å². The lowest BCUT2D eigenvalue weighted by molar-refractivity contribution is 0.483. The summed E-state index contributed by atoms with van der Waals surface area (Å²) in [5.41, 5.74) is 0.589. The summed E-state index contributed by atoms with van der Waals surface area (Å²) in [6.45, 7) is 3.04. The number of hydrogen-bond donors (Lipinski definition) is 1. The highest BCUT2D eigenvalue weighted by atomic mass is 32.2. The average Bonchev–Trinajstić information content (AvgIpc) is 2.35. The molecule has 0 heterocycles. The Hall–Kier alpha value is -0.610. The monoisotopic (exact) mass is 273 g/mol. The van der Waals surface area contributed by atoms with Gasteiger partial charge in [-0.15, -0.1) is 0 Å².